The largest absolute Gasteiger partial charge is 0.444 e. The molecule has 1 aromatic carbocycles. The van der Waals surface area contributed by atoms with E-state index in [0.717, 1.165) is 35.5 Å². The normalized spacial score (nSPS) is 16.2. The van der Waals surface area contributed by atoms with Gasteiger partial charge in [0.2, 0.25) is 0 Å². The lowest BCUT2D eigenvalue weighted by atomic mass is 10.1. The Hall–Kier alpha value is -2.96. The summed E-state index contributed by atoms with van der Waals surface area (Å²) in [4.78, 5) is 22.3. The standard InChI is InChI=1S/C25H31N3O2Si/c1-25(2,3)30-24(29)28-16-9-11-22(28)23-26-18-21(27-23)20-14-12-19(13-15-20)10-7-8-17-31(4,5)6/h12-15,18,22H,9,11,16H2,1-6H3,(H,26,27). The van der Waals surface area contributed by atoms with Crippen molar-refractivity contribution >= 4 is 14.2 Å². The number of rotatable bonds is 2. The number of ether oxygens (including phenoxy) is 1. The van der Waals surface area contributed by atoms with Gasteiger partial charge < -0.3 is 9.72 Å². The quantitative estimate of drug-likeness (QED) is 0.511. The number of likely N-dealkylation sites (tertiary alicyclic amines) is 1. The van der Waals surface area contributed by atoms with Crippen LogP contribution in [0.3, 0.4) is 0 Å². The number of nitrogens with zero attached hydrogens (tertiary/aromatic N) is 2. The molecule has 1 aliphatic rings. The number of carbonyl (C=O) groups excluding carboxylic acids is 1. The van der Waals surface area contributed by atoms with Crippen LogP contribution in [0.15, 0.2) is 30.5 Å². The van der Waals surface area contributed by atoms with Gasteiger partial charge in [-0.2, -0.15) is 0 Å². The summed E-state index contributed by atoms with van der Waals surface area (Å²) in [6, 6.07) is 7.93. The predicted octanol–water partition coefficient (Wildman–Crippen LogP) is 5.38. The zero-order valence-electron chi connectivity index (χ0n) is 19.3. The summed E-state index contributed by atoms with van der Waals surface area (Å²) in [5.41, 5.74) is 5.62. The second-order valence-corrected chi connectivity index (χ2v) is 14.6. The topological polar surface area (TPSA) is 58.2 Å². The third-order valence-electron chi connectivity index (χ3n) is 4.69. The number of benzene rings is 1. The molecule has 162 valence electrons. The molecule has 1 amide bonds. The number of aromatic nitrogens is 2. The second-order valence-electron chi connectivity index (χ2n) is 9.84. The Bertz CT molecular complexity index is 1050. The Labute approximate surface area is 186 Å². The number of carbonyl (C=O) groups is 1. The van der Waals surface area contributed by atoms with Crippen molar-refractivity contribution in [3.8, 4) is 34.6 Å². The fraction of sp³-hybridized carbons (Fsp3) is 0.440. The number of imidazole rings is 1. The minimum atomic E-state index is -1.39. The van der Waals surface area contributed by atoms with Crippen LogP contribution in [0.4, 0.5) is 4.79 Å². The predicted molar refractivity (Wildman–Crippen MR) is 127 cm³/mol. The van der Waals surface area contributed by atoms with Gasteiger partial charge in [0, 0.05) is 12.1 Å². The van der Waals surface area contributed by atoms with Gasteiger partial charge in [0.1, 0.15) is 19.5 Å². The Morgan fingerprint density at radius 1 is 1.19 bits per heavy atom. The van der Waals surface area contributed by atoms with Gasteiger partial charge in [0.25, 0.3) is 0 Å². The van der Waals surface area contributed by atoms with Crippen molar-refractivity contribution in [2.24, 2.45) is 0 Å². The molecule has 1 atom stereocenters. The molecule has 0 saturated carbocycles. The summed E-state index contributed by atoms with van der Waals surface area (Å²) >= 11 is 0. The molecular weight excluding hydrogens is 402 g/mol. The van der Waals surface area contributed by atoms with Crippen molar-refractivity contribution in [2.45, 2.75) is 64.9 Å². The van der Waals surface area contributed by atoms with Crippen LogP contribution in [0, 0.1) is 23.3 Å². The highest BCUT2D eigenvalue weighted by molar-refractivity contribution is 6.83. The molecule has 6 heteroatoms. The molecule has 0 aliphatic carbocycles. The first-order valence-corrected chi connectivity index (χ1v) is 14.2. The van der Waals surface area contributed by atoms with Crippen molar-refractivity contribution in [3.05, 3.63) is 41.9 Å². The zero-order chi connectivity index (χ0) is 22.6. The van der Waals surface area contributed by atoms with Gasteiger partial charge in [-0.05, 0) is 63.1 Å². The van der Waals surface area contributed by atoms with E-state index in [1.54, 1.807) is 4.90 Å². The second kappa shape index (κ2) is 9.04. The van der Waals surface area contributed by atoms with E-state index in [9.17, 15) is 4.79 Å². The van der Waals surface area contributed by atoms with E-state index in [1.165, 1.54) is 0 Å². The van der Waals surface area contributed by atoms with Crippen molar-refractivity contribution in [1.29, 1.82) is 0 Å². The Morgan fingerprint density at radius 2 is 1.90 bits per heavy atom. The van der Waals surface area contributed by atoms with E-state index >= 15 is 0 Å². The maximum atomic E-state index is 12.6. The van der Waals surface area contributed by atoms with Crippen molar-refractivity contribution in [3.63, 3.8) is 0 Å². The number of aromatic amines is 1. The van der Waals surface area contributed by atoms with Gasteiger partial charge in [-0.15, -0.1) is 5.54 Å². The van der Waals surface area contributed by atoms with E-state index in [-0.39, 0.29) is 12.1 Å². The molecule has 3 rings (SSSR count). The highest BCUT2D eigenvalue weighted by Crippen LogP contribution is 2.32. The zero-order valence-corrected chi connectivity index (χ0v) is 20.3. The number of H-pyrrole nitrogens is 1. The third-order valence-corrected chi connectivity index (χ3v) is 5.57. The van der Waals surface area contributed by atoms with Gasteiger partial charge >= 0.3 is 6.09 Å². The van der Waals surface area contributed by atoms with Gasteiger partial charge in [0.15, 0.2) is 0 Å². The number of nitrogens with one attached hydrogen (secondary N) is 1. The molecule has 1 N–H and O–H groups in total. The molecular formula is C25H31N3O2Si. The number of hydrogen-bond acceptors (Lipinski definition) is 3. The third kappa shape index (κ3) is 6.51. The summed E-state index contributed by atoms with van der Waals surface area (Å²) in [6.45, 7) is 12.9. The smallest absolute Gasteiger partial charge is 0.410 e. The van der Waals surface area contributed by atoms with Gasteiger partial charge in [-0.25, -0.2) is 9.78 Å². The minimum absolute atomic E-state index is 0.0846. The molecule has 0 bridgehead atoms. The Kier molecular flexibility index (Phi) is 6.62. The van der Waals surface area contributed by atoms with Crippen LogP contribution in [-0.2, 0) is 4.74 Å². The molecule has 0 spiro atoms. The highest BCUT2D eigenvalue weighted by Gasteiger charge is 2.34. The van der Waals surface area contributed by atoms with Crippen LogP contribution in [-0.4, -0.2) is 41.2 Å². The van der Waals surface area contributed by atoms with Crippen LogP contribution in [0.2, 0.25) is 19.6 Å². The fourth-order valence-electron chi connectivity index (χ4n) is 3.30. The van der Waals surface area contributed by atoms with Crippen LogP contribution < -0.4 is 0 Å². The van der Waals surface area contributed by atoms with Gasteiger partial charge in [0.05, 0.1) is 17.9 Å². The minimum Gasteiger partial charge on any atom is -0.444 e. The van der Waals surface area contributed by atoms with E-state index in [1.807, 2.05) is 51.2 Å². The SMILES string of the molecule is CC(C)(C)OC(=O)N1CCCC1c1ncc(-c2ccc(C#CC#C[Si](C)(C)C)cc2)[nH]1. The molecule has 1 aliphatic heterocycles. The molecule has 1 fully saturated rings. The molecule has 1 unspecified atom stereocenters. The Morgan fingerprint density at radius 3 is 2.55 bits per heavy atom. The molecule has 1 aromatic heterocycles. The summed E-state index contributed by atoms with van der Waals surface area (Å²) in [5.74, 6) is 9.81. The number of hydrogen-bond donors (Lipinski definition) is 1. The first-order chi connectivity index (χ1) is 14.5. The summed E-state index contributed by atoms with van der Waals surface area (Å²) < 4.78 is 5.56. The molecule has 31 heavy (non-hydrogen) atoms. The average Bonchev–Trinajstić information content (AvgIpc) is 3.32. The molecule has 2 heterocycles. The van der Waals surface area contributed by atoms with Gasteiger partial charge in [-0.1, -0.05) is 37.7 Å². The van der Waals surface area contributed by atoms with E-state index in [2.05, 4.69) is 52.9 Å². The molecule has 5 nitrogen and oxygen atoms in total. The lowest BCUT2D eigenvalue weighted by Crippen LogP contribution is -2.36. The fourth-order valence-corrected chi connectivity index (χ4v) is 3.74. The number of amides is 1. The summed E-state index contributed by atoms with van der Waals surface area (Å²) in [6.07, 6.45) is 3.35. The first kappa shape index (κ1) is 22.7. The van der Waals surface area contributed by atoms with Crippen molar-refractivity contribution in [2.75, 3.05) is 6.54 Å². The highest BCUT2D eigenvalue weighted by atomic mass is 28.3. The lowest BCUT2D eigenvalue weighted by molar-refractivity contribution is 0.0218. The van der Waals surface area contributed by atoms with E-state index in [4.69, 9.17) is 4.74 Å². The summed E-state index contributed by atoms with van der Waals surface area (Å²) in [7, 11) is -1.39. The monoisotopic (exact) mass is 433 g/mol. The molecule has 2 aromatic rings. The van der Waals surface area contributed by atoms with E-state index < -0.39 is 13.7 Å². The van der Waals surface area contributed by atoms with Crippen LogP contribution >= 0.6 is 0 Å². The van der Waals surface area contributed by atoms with Gasteiger partial charge in [-0.3, -0.25) is 4.90 Å². The van der Waals surface area contributed by atoms with Crippen LogP contribution in [0.1, 0.15) is 51.0 Å². The average molecular weight is 434 g/mol. The van der Waals surface area contributed by atoms with E-state index in [0.29, 0.717) is 6.54 Å². The van der Waals surface area contributed by atoms with Crippen LogP contribution in [0.5, 0.6) is 0 Å². The molecule has 0 radical (unpaired) electrons. The Balaban J connectivity index is 1.71. The first-order valence-electron chi connectivity index (χ1n) is 10.7. The molecule has 1 saturated heterocycles. The van der Waals surface area contributed by atoms with Crippen LogP contribution in [0.25, 0.3) is 11.3 Å². The van der Waals surface area contributed by atoms with Crippen molar-refractivity contribution < 1.29 is 9.53 Å². The summed E-state index contributed by atoms with van der Waals surface area (Å²) in [5, 5.41) is 0. The maximum Gasteiger partial charge on any atom is 0.410 e. The lowest BCUT2D eigenvalue weighted by Gasteiger charge is -2.27. The maximum absolute atomic E-state index is 12.6. The van der Waals surface area contributed by atoms with Crippen molar-refractivity contribution in [1.82, 2.24) is 14.9 Å².